The molecule has 1 aromatic carbocycles. The molecule has 1 aromatic rings. The summed E-state index contributed by atoms with van der Waals surface area (Å²) in [6.45, 7) is 7.19. The molecule has 0 nitrogen and oxygen atoms in total. The van der Waals surface area contributed by atoms with Crippen LogP contribution >= 0.6 is 11.8 Å². The van der Waals surface area contributed by atoms with Gasteiger partial charge < -0.3 is 0 Å². The third kappa shape index (κ3) is 3.51. The number of hydrogen-bond acceptors (Lipinski definition) is 1. The molecule has 0 bridgehead atoms. The van der Waals surface area contributed by atoms with Crippen LogP contribution in [0.25, 0.3) is 0 Å². The third-order valence-electron chi connectivity index (χ3n) is 3.99. The smallest absolute Gasteiger partial charge is 0.0128 e. The molecule has 0 spiro atoms. The van der Waals surface area contributed by atoms with Crippen LogP contribution in [0.15, 0.2) is 35.2 Å². The molecule has 0 radical (unpaired) electrons. The average molecular weight is 248 g/mol. The van der Waals surface area contributed by atoms with Gasteiger partial charge in [-0.05, 0) is 42.7 Å². The fourth-order valence-corrected chi connectivity index (χ4v) is 4.64. The molecule has 0 aromatic heterocycles. The first kappa shape index (κ1) is 13.0. The Bertz CT molecular complexity index is 331. The highest BCUT2D eigenvalue weighted by atomic mass is 32.2. The molecule has 1 fully saturated rings. The van der Waals surface area contributed by atoms with Gasteiger partial charge in [-0.1, -0.05) is 45.4 Å². The number of rotatable bonds is 3. The standard InChI is InChI=1S/C16H24S/c1-12(2)15-10-9-13(3)11-16(15)17-14-7-5-4-6-8-14/h4-8,12-13,15-16H,9-11H2,1-3H3/t13-,15+,16+/m1/s1. The van der Waals surface area contributed by atoms with E-state index in [9.17, 15) is 0 Å². The van der Waals surface area contributed by atoms with E-state index in [1.54, 1.807) is 0 Å². The van der Waals surface area contributed by atoms with E-state index in [2.05, 4.69) is 62.9 Å². The van der Waals surface area contributed by atoms with Crippen LogP contribution in [0.2, 0.25) is 0 Å². The normalized spacial score (nSPS) is 29.5. The van der Waals surface area contributed by atoms with Crippen LogP contribution in [0.3, 0.4) is 0 Å². The Hall–Kier alpha value is -0.430. The van der Waals surface area contributed by atoms with E-state index in [1.807, 2.05) is 0 Å². The van der Waals surface area contributed by atoms with Gasteiger partial charge in [0.2, 0.25) is 0 Å². The molecule has 17 heavy (non-hydrogen) atoms. The van der Waals surface area contributed by atoms with Gasteiger partial charge in [0.05, 0.1) is 0 Å². The maximum atomic E-state index is 2.41. The minimum atomic E-state index is 0.821. The summed E-state index contributed by atoms with van der Waals surface area (Å²) in [5, 5.41) is 0.821. The summed E-state index contributed by atoms with van der Waals surface area (Å²) in [7, 11) is 0. The molecule has 1 heteroatoms. The lowest BCUT2D eigenvalue weighted by molar-refractivity contribution is 0.244. The van der Waals surface area contributed by atoms with Crippen molar-refractivity contribution < 1.29 is 0 Å². The van der Waals surface area contributed by atoms with Crippen LogP contribution in [0, 0.1) is 17.8 Å². The van der Waals surface area contributed by atoms with E-state index in [1.165, 1.54) is 24.2 Å². The molecule has 0 heterocycles. The second-order valence-electron chi connectivity index (χ2n) is 5.80. The van der Waals surface area contributed by atoms with Crippen molar-refractivity contribution >= 4 is 11.8 Å². The lowest BCUT2D eigenvalue weighted by atomic mass is 9.77. The molecule has 1 aliphatic rings. The van der Waals surface area contributed by atoms with Crippen LogP contribution in [0.5, 0.6) is 0 Å². The van der Waals surface area contributed by atoms with E-state index >= 15 is 0 Å². The molecule has 1 saturated carbocycles. The average Bonchev–Trinajstić information content (AvgIpc) is 2.30. The van der Waals surface area contributed by atoms with E-state index in [-0.39, 0.29) is 0 Å². The molecule has 0 N–H and O–H groups in total. The largest absolute Gasteiger partial charge is 0.122 e. The van der Waals surface area contributed by atoms with Crippen molar-refractivity contribution in [2.24, 2.45) is 17.8 Å². The minimum absolute atomic E-state index is 0.821. The zero-order valence-electron chi connectivity index (χ0n) is 11.2. The van der Waals surface area contributed by atoms with Crippen molar-refractivity contribution in [3.63, 3.8) is 0 Å². The van der Waals surface area contributed by atoms with Crippen molar-refractivity contribution in [3.05, 3.63) is 30.3 Å². The van der Waals surface area contributed by atoms with Crippen molar-refractivity contribution in [1.29, 1.82) is 0 Å². The topological polar surface area (TPSA) is 0 Å². The number of benzene rings is 1. The minimum Gasteiger partial charge on any atom is -0.122 e. The van der Waals surface area contributed by atoms with Gasteiger partial charge in [0.25, 0.3) is 0 Å². The zero-order chi connectivity index (χ0) is 12.3. The van der Waals surface area contributed by atoms with Crippen molar-refractivity contribution in [2.45, 2.75) is 50.2 Å². The van der Waals surface area contributed by atoms with Gasteiger partial charge in [-0.15, -0.1) is 11.8 Å². The molecule has 2 rings (SSSR count). The molecular weight excluding hydrogens is 224 g/mol. The second-order valence-corrected chi connectivity index (χ2v) is 7.11. The van der Waals surface area contributed by atoms with Gasteiger partial charge in [-0.2, -0.15) is 0 Å². The summed E-state index contributed by atoms with van der Waals surface area (Å²) in [4.78, 5) is 1.44. The Morgan fingerprint density at radius 1 is 1.12 bits per heavy atom. The van der Waals surface area contributed by atoms with Crippen LogP contribution in [-0.2, 0) is 0 Å². The molecule has 1 aliphatic carbocycles. The van der Waals surface area contributed by atoms with Crippen LogP contribution < -0.4 is 0 Å². The molecule has 0 amide bonds. The summed E-state index contributed by atoms with van der Waals surface area (Å²) in [6.07, 6.45) is 4.24. The Balaban J connectivity index is 2.05. The summed E-state index contributed by atoms with van der Waals surface area (Å²) >= 11 is 2.10. The third-order valence-corrected chi connectivity index (χ3v) is 5.38. The van der Waals surface area contributed by atoms with E-state index in [4.69, 9.17) is 0 Å². The fourth-order valence-electron chi connectivity index (χ4n) is 2.92. The van der Waals surface area contributed by atoms with E-state index in [0.29, 0.717) is 0 Å². The second kappa shape index (κ2) is 5.95. The Morgan fingerprint density at radius 2 is 1.82 bits per heavy atom. The summed E-state index contributed by atoms with van der Waals surface area (Å²) in [5.41, 5.74) is 0. The van der Waals surface area contributed by atoms with Gasteiger partial charge in [-0.3, -0.25) is 0 Å². The van der Waals surface area contributed by atoms with Crippen molar-refractivity contribution in [1.82, 2.24) is 0 Å². The lowest BCUT2D eigenvalue weighted by Crippen LogP contribution is -2.29. The molecule has 3 atom stereocenters. The first-order chi connectivity index (χ1) is 8.16. The maximum absolute atomic E-state index is 2.41. The van der Waals surface area contributed by atoms with Gasteiger partial charge in [0.1, 0.15) is 0 Å². The highest BCUT2D eigenvalue weighted by molar-refractivity contribution is 8.00. The van der Waals surface area contributed by atoms with Crippen LogP contribution in [-0.4, -0.2) is 5.25 Å². The van der Waals surface area contributed by atoms with Gasteiger partial charge in [0, 0.05) is 10.1 Å². The van der Waals surface area contributed by atoms with Gasteiger partial charge in [-0.25, -0.2) is 0 Å². The molecule has 0 saturated heterocycles. The maximum Gasteiger partial charge on any atom is 0.0128 e. The van der Waals surface area contributed by atoms with Gasteiger partial charge >= 0.3 is 0 Å². The van der Waals surface area contributed by atoms with Crippen LogP contribution in [0.1, 0.15) is 40.0 Å². The first-order valence-electron chi connectivity index (χ1n) is 6.88. The fraction of sp³-hybridized carbons (Fsp3) is 0.625. The van der Waals surface area contributed by atoms with E-state index in [0.717, 1.165) is 23.0 Å². The first-order valence-corrected chi connectivity index (χ1v) is 7.76. The Kier molecular flexibility index (Phi) is 4.55. The number of thioether (sulfide) groups is 1. The predicted molar refractivity (Wildman–Crippen MR) is 77.4 cm³/mol. The molecular formula is C16H24S. The lowest BCUT2D eigenvalue weighted by Gasteiger charge is -2.37. The SMILES string of the molecule is CC(C)[C@@H]1CC[C@@H](C)C[C@@H]1Sc1ccccc1. The quantitative estimate of drug-likeness (QED) is 0.705. The highest BCUT2D eigenvalue weighted by Crippen LogP contribution is 2.42. The Labute approximate surface area is 110 Å². The number of hydrogen-bond donors (Lipinski definition) is 0. The molecule has 0 unspecified atom stereocenters. The summed E-state index contributed by atoms with van der Waals surface area (Å²) in [6, 6.07) is 10.9. The highest BCUT2D eigenvalue weighted by Gasteiger charge is 2.31. The zero-order valence-corrected chi connectivity index (χ0v) is 12.0. The Morgan fingerprint density at radius 3 is 2.47 bits per heavy atom. The van der Waals surface area contributed by atoms with Crippen molar-refractivity contribution in [2.75, 3.05) is 0 Å². The molecule has 0 aliphatic heterocycles. The van der Waals surface area contributed by atoms with E-state index < -0.39 is 0 Å². The van der Waals surface area contributed by atoms with Crippen LogP contribution in [0.4, 0.5) is 0 Å². The predicted octanol–water partition coefficient (Wildman–Crippen LogP) is 5.24. The summed E-state index contributed by atoms with van der Waals surface area (Å²) < 4.78 is 0. The summed E-state index contributed by atoms with van der Waals surface area (Å²) in [5.74, 6) is 2.63. The monoisotopic (exact) mass is 248 g/mol. The van der Waals surface area contributed by atoms with Crippen molar-refractivity contribution in [3.8, 4) is 0 Å². The van der Waals surface area contributed by atoms with Gasteiger partial charge in [0.15, 0.2) is 0 Å². The molecule has 94 valence electrons.